The molecule has 1 aliphatic carbocycles. The first kappa shape index (κ1) is 23.3. The number of carbonyl (C=O) groups excluding carboxylic acids is 1. The number of rotatable bonds is 9. The van der Waals surface area contributed by atoms with Crippen molar-refractivity contribution in [2.75, 3.05) is 0 Å². The average molecular weight is 477 g/mol. The SMILES string of the molecule is C=C(C)C[C@@H]1C(=O)CC[C@H]1C(Sc1ccccc1)(Sc1ccccc1)Sc1ccccc1. The predicted molar refractivity (Wildman–Crippen MR) is 140 cm³/mol. The van der Waals surface area contributed by atoms with Gasteiger partial charge in [0.2, 0.25) is 0 Å². The Morgan fingerprint density at radius 3 is 1.59 bits per heavy atom. The first-order valence-corrected chi connectivity index (χ1v) is 13.4. The Labute approximate surface area is 204 Å². The number of carbonyl (C=O) groups is 1. The summed E-state index contributed by atoms with van der Waals surface area (Å²) in [5.74, 6) is 0.627. The highest BCUT2D eigenvalue weighted by Crippen LogP contribution is 2.63. The van der Waals surface area contributed by atoms with Crippen molar-refractivity contribution in [1.82, 2.24) is 0 Å². The average Bonchev–Trinajstić information content (AvgIpc) is 3.16. The van der Waals surface area contributed by atoms with Gasteiger partial charge in [-0.25, -0.2) is 0 Å². The summed E-state index contributed by atoms with van der Waals surface area (Å²) in [6, 6.07) is 31.8. The molecule has 0 unspecified atom stereocenters. The fourth-order valence-electron chi connectivity index (χ4n) is 4.21. The Hall–Kier alpha value is -1.88. The maximum Gasteiger partial charge on any atom is 0.136 e. The lowest BCUT2D eigenvalue weighted by Gasteiger charge is -2.40. The Bertz CT molecular complexity index is 933. The lowest BCUT2D eigenvalue weighted by atomic mass is 9.90. The third-order valence-corrected chi connectivity index (χ3v) is 10.4. The fraction of sp³-hybridized carbons (Fsp3) is 0.250. The molecule has 1 saturated carbocycles. The van der Waals surface area contributed by atoms with E-state index >= 15 is 0 Å². The van der Waals surface area contributed by atoms with Gasteiger partial charge in [-0.3, -0.25) is 4.79 Å². The van der Waals surface area contributed by atoms with Crippen LogP contribution >= 0.6 is 35.3 Å². The van der Waals surface area contributed by atoms with E-state index in [4.69, 9.17) is 0 Å². The van der Waals surface area contributed by atoms with E-state index in [1.165, 1.54) is 14.7 Å². The number of allylic oxidation sites excluding steroid dienone is 1. The zero-order valence-corrected chi connectivity index (χ0v) is 20.7. The highest BCUT2D eigenvalue weighted by atomic mass is 32.3. The molecule has 0 aromatic heterocycles. The molecule has 0 saturated heterocycles. The zero-order valence-electron chi connectivity index (χ0n) is 18.3. The minimum absolute atomic E-state index is 0.0103. The van der Waals surface area contributed by atoms with Crippen LogP contribution in [0.1, 0.15) is 26.2 Å². The molecule has 3 aromatic rings. The molecule has 0 N–H and O–H groups in total. The molecule has 1 aliphatic rings. The Kier molecular flexibility index (Phi) is 7.88. The highest BCUT2D eigenvalue weighted by Gasteiger charge is 2.50. The Morgan fingerprint density at radius 1 is 0.812 bits per heavy atom. The van der Waals surface area contributed by atoms with Crippen molar-refractivity contribution in [3.05, 3.63) is 103 Å². The van der Waals surface area contributed by atoms with Crippen LogP contribution in [0.25, 0.3) is 0 Å². The van der Waals surface area contributed by atoms with Crippen LogP contribution < -0.4 is 0 Å². The number of benzene rings is 3. The van der Waals surface area contributed by atoms with E-state index in [-0.39, 0.29) is 15.2 Å². The molecule has 0 radical (unpaired) electrons. The summed E-state index contributed by atoms with van der Waals surface area (Å²) < 4.78 is -0.281. The standard InChI is InChI=1S/C28H28OS3/c1-21(2)20-25-26(18-19-27(25)29)28(30-22-12-6-3-7-13-22,31-23-14-8-4-9-15-23)32-24-16-10-5-11-17-24/h3-17,25-26H,1,18-20H2,2H3/t25-,26+/m0/s1. The van der Waals surface area contributed by atoms with E-state index in [0.717, 1.165) is 18.4 Å². The van der Waals surface area contributed by atoms with E-state index in [9.17, 15) is 4.79 Å². The Balaban J connectivity index is 1.82. The van der Waals surface area contributed by atoms with Crippen LogP contribution in [0, 0.1) is 11.8 Å². The molecule has 0 aliphatic heterocycles. The second kappa shape index (κ2) is 10.8. The Morgan fingerprint density at radius 2 is 1.22 bits per heavy atom. The maximum atomic E-state index is 13.1. The molecule has 3 aromatic carbocycles. The second-order valence-corrected chi connectivity index (χ2v) is 13.0. The predicted octanol–water partition coefficient (Wildman–Crippen LogP) is 8.58. The first-order valence-electron chi connectivity index (χ1n) is 10.9. The van der Waals surface area contributed by atoms with E-state index < -0.39 is 0 Å². The van der Waals surface area contributed by atoms with Crippen LogP contribution in [-0.4, -0.2) is 9.19 Å². The highest BCUT2D eigenvalue weighted by molar-refractivity contribution is 8.33. The maximum absolute atomic E-state index is 13.1. The van der Waals surface area contributed by atoms with Crippen molar-refractivity contribution in [2.45, 2.75) is 44.3 Å². The summed E-state index contributed by atoms with van der Waals surface area (Å²) >= 11 is 5.70. The lowest BCUT2D eigenvalue weighted by Crippen LogP contribution is -2.32. The summed E-state index contributed by atoms with van der Waals surface area (Å²) in [5, 5.41) is 0. The van der Waals surface area contributed by atoms with Gasteiger partial charge < -0.3 is 0 Å². The topological polar surface area (TPSA) is 17.1 Å². The smallest absolute Gasteiger partial charge is 0.136 e. The van der Waals surface area contributed by atoms with Gasteiger partial charge in [0.05, 0.1) is 0 Å². The van der Waals surface area contributed by atoms with Crippen molar-refractivity contribution in [2.24, 2.45) is 11.8 Å². The van der Waals surface area contributed by atoms with E-state index in [0.29, 0.717) is 12.2 Å². The minimum Gasteiger partial charge on any atom is -0.299 e. The van der Waals surface area contributed by atoms with Crippen molar-refractivity contribution in [3.63, 3.8) is 0 Å². The van der Waals surface area contributed by atoms with Gasteiger partial charge >= 0.3 is 0 Å². The normalized spacial score (nSPS) is 18.6. The summed E-state index contributed by atoms with van der Waals surface area (Å²) in [5.41, 5.74) is 1.09. The van der Waals surface area contributed by atoms with E-state index in [1.54, 1.807) is 0 Å². The van der Waals surface area contributed by atoms with Gasteiger partial charge in [-0.2, -0.15) is 0 Å². The molecule has 164 valence electrons. The number of Topliss-reactive ketones (excluding diaryl/α,β-unsaturated/α-hetero) is 1. The largest absolute Gasteiger partial charge is 0.299 e. The molecular weight excluding hydrogens is 449 g/mol. The molecule has 1 nitrogen and oxygen atoms in total. The molecule has 0 spiro atoms. The molecule has 0 bridgehead atoms. The number of hydrogen-bond acceptors (Lipinski definition) is 4. The van der Waals surface area contributed by atoms with Crippen LogP contribution in [0.3, 0.4) is 0 Å². The minimum atomic E-state index is -0.281. The van der Waals surface area contributed by atoms with Crippen molar-refractivity contribution in [3.8, 4) is 0 Å². The van der Waals surface area contributed by atoms with Gasteiger partial charge in [-0.15, -0.1) is 6.58 Å². The summed E-state index contributed by atoms with van der Waals surface area (Å²) in [7, 11) is 0. The van der Waals surface area contributed by atoms with Crippen LogP contribution in [-0.2, 0) is 4.79 Å². The lowest BCUT2D eigenvalue weighted by molar-refractivity contribution is -0.121. The van der Waals surface area contributed by atoms with Gasteiger partial charge in [0.1, 0.15) is 9.19 Å². The van der Waals surface area contributed by atoms with Gasteiger partial charge in [0, 0.05) is 32.9 Å². The molecule has 32 heavy (non-hydrogen) atoms. The van der Waals surface area contributed by atoms with Crippen LogP contribution in [0.15, 0.2) is 118 Å². The monoisotopic (exact) mass is 476 g/mol. The molecule has 1 fully saturated rings. The van der Waals surface area contributed by atoms with Crippen molar-refractivity contribution < 1.29 is 4.79 Å². The molecule has 4 heteroatoms. The van der Waals surface area contributed by atoms with Crippen molar-refractivity contribution in [1.29, 1.82) is 0 Å². The van der Waals surface area contributed by atoms with Crippen molar-refractivity contribution >= 4 is 41.1 Å². The summed E-state index contributed by atoms with van der Waals surface area (Å²) in [6.07, 6.45) is 2.34. The van der Waals surface area contributed by atoms with E-state index in [1.807, 2.05) is 42.2 Å². The molecule has 0 heterocycles. The second-order valence-electron chi connectivity index (χ2n) is 8.23. The third-order valence-electron chi connectivity index (χ3n) is 5.63. The summed E-state index contributed by atoms with van der Waals surface area (Å²) in [4.78, 5) is 16.7. The quantitative estimate of drug-likeness (QED) is 0.175. The van der Waals surface area contributed by atoms with Crippen LogP contribution in [0.4, 0.5) is 0 Å². The first-order chi connectivity index (χ1) is 15.6. The van der Waals surface area contributed by atoms with Gasteiger partial charge in [-0.1, -0.05) is 95.5 Å². The third kappa shape index (κ3) is 5.72. The number of ketones is 1. The van der Waals surface area contributed by atoms with Crippen LogP contribution in [0.5, 0.6) is 0 Å². The zero-order chi connectivity index (χ0) is 22.4. The molecule has 2 atom stereocenters. The number of thioether (sulfide) groups is 3. The van der Waals surface area contributed by atoms with E-state index in [2.05, 4.69) is 97.6 Å². The number of hydrogen-bond donors (Lipinski definition) is 0. The van der Waals surface area contributed by atoms with Gasteiger partial charge in [0.25, 0.3) is 0 Å². The molecule has 4 rings (SSSR count). The molecular formula is C28H28OS3. The van der Waals surface area contributed by atoms with Gasteiger partial charge in [-0.05, 0) is 56.2 Å². The summed E-state index contributed by atoms with van der Waals surface area (Å²) in [6.45, 7) is 6.19. The molecule has 0 amide bonds. The van der Waals surface area contributed by atoms with Crippen LogP contribution in [0.2, 0.25) is 0 Å². The van der Waals surface area contributed by atoms with Gasteiger partial charge in [0.15, 0.2) is 0 Å². The fourth-order valence-corrected chi connectivity index (χ4v) is 9.61.